The van der Waals surface area contributed by atoms with Crippen LogP contribution < -0.4 is 4.90 Å². The number of aromatic nitrogens is 1. The molecule has 4 nitrogen and oxygen atoms in total. The van der Waals surface area contributed by atoms with Gasteiger partial charge in [-0.15, -0.1) is 11.8 Å². The number of thioether (sulfide) groups is 1. The Balaban J connectivity index is 1.34. The minimum atomic E-state index is -0.850. The molecule has 0 amide bonds. The Kier molecular flexibility index (Phi) is 6.66. The molecule has 2 aliphatic heterocycles. The topological polar surface area (TPSA) is 37.7 Å². The quantitative estimate of drug-likeness (QED) is 0.199. The number of nitrogens with zero attached hydrogens (tertiary/aromatic N) is 3. The van der Waals surface area contributed by atoms with Crippen molar-refractivity contribution < 1.29 is 4.84 Å². The molecule has 6 heteroatoms. The summed E-state index contributed by atoms with van der Waals surface area (Å²) in [7, 11) is 0. The molecule has 208 valence electrons. The summed E-state index contributed by atoms with van der Waals surface area (Å²) in [6.45, 7) is 0. The highest BCUT2D eigenvalue weighted by Crippen LogP contribution is 2.57. The minimum Gasteiger partial charge on any atom is -0.360 e. The Hall–Kier alpha value is -4.52. The summed E-state index contributed by atoms with van der Waals surface area (Å²) in [5.41, 5.74) is 4.52. The molecule has 43 heavy (non-hydrogen) atoms. The highest BCUT2D eigenvalue weighted by molar-refractivity contribution is 8.00. The molecule has 3 heterocycles. The van der Waals surface area contributed by atoms with Gasteiger partial charge in [-0.1, -0.05) is 126 Å². The van der Waals surface area contributed by atoms with Crippen LogP contribution in [-0.2, 0) is 10.6 Å². The number of rotatable bonds is 5. The lowest BCUT2D eigenvalue weighted by molar-refractivity contribution is -0.0284. The third-order valence-corrected chi connectivity index (χ3v) is 10.3. The molecule has 0 saturated heterocycles. The molecule has 0 radical (unpaired) electrons. The van der Waals surface area contributed by atoms with Crippen molar-refractivity contribution in [2.75, 3.05) is 4.90 Å². The summed E-state index contributed by atoms with van der Waals surface area (Å²) in [6, 6.07) is 50.7. The zero-order chi connectivity index (χ0) is 28.6. The number of hydrogen-bond acceptors (Lipinski definition) is 6. The second kappa shape index (κ2) is 11.0. The molecule has 0 fully saturated rings. The van der Waals surface area contributed by atoms with Crippen molar-refractivity contribution in [3.8, 4) is 0 Å². The van der Waals surface area contributed by atoms with E-state index in [0.717, 1.165) is 43.5 Å². The molecule has 0 N–H and O–H groups in total. The zero-order valence-electron chi connectivity index (χ0n) is 23.2. The van der Waals surface area contributed by atoms with Crippen LogP contribution >= 0.6 is 23.5 Å². The molecule has 0 aliphatic carbocycles. The van der Waals surface area contributed by atoms with Crippen molar-refractivity contribution in [1.29, 1.82) is 0 Å². The van der Waals surface area contributed by atoms with Crippen LogP contribution in [0, 0.1) is 0 Å². The molecule has 2 aliphatic rings. The first kappa shape index (κ1) is 26.1. The minimum absolute atomic E-state index is 0.0278. The van der Waals surface area contributed by atoms with E-state index in [1.165, 1.54) is 10.5 Å². The van der Waals surface area contributed by atoms with Crippen LogP contribution in [0.4, 0.5) is 5.69 Å². The van der Waals surface area contributed by atoms with Crippen LogP contribution in [0.25, 0.3) is 10.9 Å². The molecule has 0 bridgehead atoms. The highest BCUT2D eigenvalue weighted by Gasteiger charge is 2.53. The van der Waals surface area contributed by atoms with E-state index in [0.29, 0.717) is 6.42 Å². The van der Waals surface area contributed by atoms with Crippen molar-refractivity contribution in [1.82, 2.24) is 4.98 Å². The summed E-state index contributed by atoms with van der Waals surface area (Å²) < 4.78 is 0. The number of hydrogen-bond donors (Lipinski definition) is 0. The Labute approximate surface area is 259 Å². The van der Waals surface area contributed by atoms with E-state index >= 15 is 0 Å². The van der Waals surface area contributed by atoms with Gasteiger partial charge in [-0.05, 0) is 42.0 Å². The predicted octanol–water partition coefficient (Wildman–Crippen LogP) is 9.67. The average Bonchev–Trinajstić information content (AvgIpc) is 3.38. The first-order valence-electron chi connectivity index (χ1n) is 14.3. The van der Waals surface area contributed by atoms with Crippen molar-refractivity contribution in [3.05, 3.63) is 162 Å². The monoisotopic (exact) mass is 593 g/mol. The van der Waals surface area contributed by atoms with Gasteiger partial charge in [0.1, 0.15) is 5.03 Å². The van der Waals surface area contributed by atoms with Crippen LogP contribution in [0.3, 0.4) is 0 Å². The summed E-state index contributed by atoms with van der Waals surface area (Å²) in [4.78, 5) is 16.6. The summed E-state index contributed by atoms with van der Waals surface area (Å²) in [5, 5.41) is 6.99. The number of benzene rings is 5. The first-order valence-corrected chi connectivity index (χ1v) is 16.0. The van der Waals surface area contributed by atoms with Crippen LogP contribution in [0.2, 0.25) is 0 Å². The summed E-state index contributed by atoms with van der Waals surface area (Å²) in [5.74, 6) is 0.814. The zero-order valence-corrected chi connectivity index (χ0v) is 24.8. The van der Waals surface area contributed by atoms with Crippen molar-refractivity contribution in [2.45, 2.75) is 32.2 Å². The Morgan fingerprint density at radius 2 is 1.42 bits per heavy atom. The van der Waals surface area contributed by atoms with E-state index in [4.69, 9.17) is 15.0 Å². The number of anilines is 1. The van der Waals surface area contributed by atoms with Crippen LogP contribution in [0.5, 0.6) is 0 Å². The van der Waals surface area contributed by atoms with Gasteiger partial charge in [0.05, 0.1) is 11.2 Å². The van der Waals surface area contributed by atoms with Gasteiger partial charge in [0.25, 0.3) is 0 Å². The lowest BCUT2D eigenvalue weighted by Gasteiger charge is -2.38. The average molecular weight is 594 g/mol. The van der Waals surface area contributed by atoms with Gasteiger partial charge < -0.3 is 4.84 Å². The number of fused-ring (bicyclic) bond motifs is 4. The molecule has 2 unspecified atom stereocenters. The molecule has 2 atom stereocenters. The van der Waals surface area contributed by atoms with Gasteiger partial charge >= 0.3 is 0 Å². The van der Waals surface area contributed by atoms with Crippen molar-refractivity contribution >= 4 is 45.9 Å². The fourth-order valence-electron chi connectivity index (χ4n) is 5.96. The van der Waals surface area contributed by atoms with Gasteiger partial charge in [0.15, 0.2) is 5.84 Å². The molecule has 0 saturated carbocycles. The van der Waals surface area contributed by atoms with Gasteiger partial charge in [-0.25, -0.2) is 4.98 Å². The van der Waals surface area contributed by atoms with Crippen LogP contribution in [-0.4, -0.2) is 10.8 Å². The smallest absolute Gasteiger partial charge is 0.242 e. The summed E-state index contributed by atoms with van der Waals surface area (Å²) >= 11 is 3.60. The maximum atomic E-state index is 6.71. The largest absolute Gasteiger partial charge is 0.360 e. The Bertz CT molecular complexity index is 1950. The molecular formula is C37H27N3OS2. The number of para-hydroxylation sites is 2. The maximum Gasteiger partial charge on any atom is 0.242 e. The lowest BCUT2D eigenvalue weighted by Crippen LogP contribution is -2.47. The predicted molar refractivity (Wildman–Crippen MR) is 177 cm³/mol. The number of amidine groups is 1. The van der Waals surface area contributed by atoms with E-state index in [2.05, 4.69) is 144 Å². The van der Waals surface area contributed by atoms with Gasteiger partial charge in [-0.2, -0.15) is 0 Å². The first-order chi connectivity index (χ1) is 21.3. The standard InChI is InChI=1S/C37H27N3OS2/c1-4-14-26(15-5-1)35-39-41-37(28-17-6-2-7-18-28)25-34(43-33-23-13-12-22-32(33)40(35)37)30-24-27-16-10-11-21-31(27)38-36(30)42-29-19-8-3-9-20-29/h1-24,34H,25H2. The van der Waals surface area contributed by atoms with Gasteiger partial charge in [0, 0.05) is 38.0 Å². The molecular weight excluding hydrogens is 567 g/mol. The Morgan fingerprint density at radius 1 is 0.744 bits per heavy atom. The van der Waals surface area contributed by atoms with Gasteiger partial charge in [0.2, 0.25) is 5.72 Å². The highest BCUT2D eigenvalue weighted by atomic mass is 32.2. The van der Waals surface area contributed by atoms with E-state index < -0.39 is 5.72 Å². The van der Waals surface area contributed by atoms with E-state index in [1.54, 1.807) is 11.8 Å². The molecule has 8 rings (SSSR count). The number of pyridine rings is 1. The van der Waals surface area contributed by atoms with Crippen LogP contribution in [0.15, 0.2) is 166 Å². The van der Waals surface area contributed by atoms with Gasteiger partial charge in [-0.3, -0.25) is 4.90 Å². The van der Waals surface area contributed by atoms with Crippen molar-refractivity contribution in [3.63, 3.8) is 0 Å². The SMILES string of the molecule is c1ccc(Sc2nc3ccccc3cc2C2CC3(c4ccccc4)ON=C(c4ccccc4)N3c3ccccc3S2)cc1. The lowest BCUT2D eigenvalue weighted by atomic mass is 9.92. The molecule has 6 aromatic rings. The second-order valence-corrected chi connectivity index (χ2v) is 12.9. The maximum absolute atomic E-state index is 6.71. The van der Waals surface area contributed by atoms with E-state index in [1.807, 2.05) is 17.8 Å². The third kappa shape index (κ3) is 4.67. The second-order valence-electron chi connectivity index (χ2n) is 10.6. The fourth-order valence-corrected chi connectivity index (χ4v) is 8.38. The summed E-state index contributed by atoms with van der Waals surface area (Å²) in [6.07, 6.45) is 0.665. The fraction of sp³-hybridized carbons (Fsp3) is 0.0811. The van der Waals surface area contributed by atoms with E-state index in [9.17, 15) is 0 Å². The van der Waals surface area contributed by atoms with E-state index in [-0.39, 0.29) is 5.25 Å². The molecule has 5 aromatic carbocycles. The molecule has 1 aromatic heterocycles. The third-order valence-electron chi connectivity index (χ3n) is 7.97. The molecule has 0 spiro atoms. The number of oxime groups is 1. The Morgan fingerprint density at radius 3 is 2.23 bits per heavy atom. The van der Waals surface area contributed by atoms with Crippen molar-refractivity contribution in [2.24, 2.45) is 5.16 Å². The van der Waals surface area contributed by atoms with Crippen LogP contribution in [0.1, 0.15) is 28.4 Å². The normalized spacial score (nSPS) is 19.2.